The van der Waals surface area contributed by atoms with Gasteiger partial charge in [-0.25, -0.2) is 4.98 Å². The lowest BCUT2D eigenvalue weighted by molar-refractivity contribution is -0.598. The molecule has 0 unspecified atom stereocenters. The fourth-order valence-corrected chi connectivity index (χ4v) is 7.74. The summed E-state index contributed by atoms with van der Waals surface area (Å²) in [5.41, 5.74) is 5.33. The van der Waals surface area contributed by atoms with Crippen LogP contribution >= 0.6 is 0 Å². The molecule has 9 rings (SSSR count). The van der Waals surface area contributed by atoms with Crippen molar-refractivity contribution in [1.29, 1.82) is 0 Å². The maximum absolute atomic E-state index is 8.87. The highest BCUT2D eigenvalue weighted by atomic mass is 16.5. The number of hydrogen-bond acceptors (Lipinski definition) is 2. The zero-order valence-electron chi connectivity index (χ0n) is 43.1. The number of fused-ring (bicyclic) bond motifs is 3. The van der Waals surface area contributed by atoms with Gasteiger partial charge in [0.2, 0.25) is 0 Å². The lowest BCUT2D eigenvalue weighted by Crippen LogP contribution is -2.30. The van der Waals surface area contributed by atoms with E-state index < -0.39 is 60.4 Å². The lowest BCUT2D eigenvalue weighted by Gasteiger charge is -2.19. The third-order valence-electron chi connectivity index (χ3n) is 10.8. The Morgan fingerprint density at radius 2 is 1.41 bits per heavy atom. The summed E-state index contributed by atoms with van der Waals surface area (Å²) in [4.78, 5) is 4.90. The van der Waals surface area contributed by atoms with Crippen LogP contribution < -0.4 is 9.30 Å². The lowest BCUT2D eigenvalue weighted by atomic mass is 9.86. The van der Waals surface area contributed by atoms with Crippen LogP contribution in [0.1, 0.15) is 78.2 Å². The standard InChI is InChI=1S/C53H48N4O/c1-6-37(7-2)40-28-29-54-51(32-40)57-49-27-24-41(53(3,4)5)33-48(49)47-26-25-44(35-50(47)57)58-43-21-14-20-42(34-43)55-30-31-56(36-55)52-45(38-16-10-8-11-17-38)22-15-23-46(52)39-18-12-9-13-19-39/h8-35,37H,6-7H2,1-5H3/i8D,9D,10D,11D,12D,13D,16D,17D,18D,19D. The minimum atomic E-state index is -0.559. The van der Waals surface area contributed by atoms with Gasteiger partial charge < -0.3 is 4.74 Å². The van der Waals surface area contributed by atoms with Crippen molar-refractivity contribution in [3.8, 4) is 50.9 Å². The van der Waals surface area contributed by atoms with Gasteiger partial charge in [-0.05, 0) is 112 Å². The first kappa shape index (κ1) is 27.0. The molecule has 5 heteroatoms. The highest BCUT2D eigenvalue weighted by Gasteiger charge is 2.21. The van der Waals surface area contributed by atoms with Crippen LogP contribution in [0.2, 0.25) is 0 Å². The molecule has 6 aromatic carbocycles. The van der Waals surface area contributed by atoms with E-state index in [1.54, 1.807) is 35.2 Å². The number of ether oxygens (including phenoxy) is 1. The van der Waals surface area contributed by atoms with E-state index in [1.165, 1.54) is 15.7 Å². The fourth-order valence-electron chi connectivity index (χ4n) is 7.74. The molecule has 58 heavy (non-hydrogen) atoms. The molecule has 0 aliphatic carbocycles. The highest BCUT2D eigenvalue weighted by molar-refractivity contribution is 6.09. The number of benzene rings is 6. The van der Waals surface area contributed by atoms with E-state index in [2.05, 4.69) is 81.9 Å². The second-order valence-corrected chi connectivity index (χ2v) is 15.4. The quantitative estimate of drug-likeness (QED) is 0.103. The van der Waals surface area contributed by atoms with Gasteiger partial charge in [-0.1, -0.05) is 125 Å². The van der Waals surface area contributed by atoms with E-state index in [-0.39, 0.29) is 33.4 Å². The smallest absolute Gasteiger partial charge is 0.268 e. The first-order valence-corrected chi connectivity index (χ1v) is 19.6. The molecule has 0 atom stereocenters. The molecule has 0 aliphatic rings. The van der Waals surface area contributed by atoms with Crippen LogP contribution in [0.4, 0.5) is 0 Å². The molecule has 9 aromatic rings. The highest BCUT2D eigenvalue weighted by Crippen LogP contribution is 2.38. The van der Waals surface area contributed by atoms with Crippen LogP contribution in [0.25, 0.3) is 61.3 Å². The van der Waals surface area contributed by atoms with Crippen LogP contribution in [0, 0.1) is 6.33 Å². The molecular formula is C53H48N4O. The van der Waals surface area contributed by atoms with Gasteiger partial charge >= 0.3 is 0 Å². The van der Waals surface area contributed by atoms with Gasteiger partial charge in [0.05, 0.1) is 36.1 Å². The average molecular weight is 767 g/mol. The first-order chi connectivity index (χ1) is 32.4. The molecule has 0 spiro atoms. The number of nitrogens with zero attached hydrogens (tertiary/aromatic N) is 4. The number of pyridine rings is 1. The normalized spacial score (nSPS) is 14.2. The Morgan fingerprint density at radius 3 is 2.10 bits per heavy atom. The summed E-state index contributed by atoms with van der Waals surface area (Å²) in [5.74, 6) is 2.38. The van der Waals surface area contributed by atoms with Crippen LogP contribution in [0.3, 0.4) is 0 Å². The summed E-state index contributed by atoms with van der Waals surface area (Å²) in [6, 6.07) is 24.0. The van der Waals surface area contributed by atoms with E-state index in [1.807, 2.05) is 42.6 Å². The monoisotopic (exact) mass is 766 g/mol. The van der Waals surface area contributed by atoms with Crippen molar-refractivity contribution in [2.75, 3.05) is 0 Å². The van der Waals surface area contributed by atoms with E-state index in [0.717, 1.165) is 40.5 Å². The topological polar surface area (TPSA) is 35.9 Å². The van der Waals surface area contributed by atoms with Gasteiger partial charge in [0.15, 0.2) is 0 Å². The van der Waals surface area contributed by atoms with Crippen molar-refractivity contribution < 1.29 is 23.0 Å². The molecule has 0 N–H and O–H groups in total. The number of hydrogen-bond donors (Lipinski definition) is 0. The third kappa shape index (κ3) is 6.98. The van der Waals surface area contributed by atoms with Crippen molar-refractivity contribution in [1.82, 2.24) is 14.1 Å². The summed E-state index contributed by atoms with van der Waals surface area (Å²) in [6.07, 6.45) is 10.6. The molecule has 3 aromatic heterocycles. The summed E-state index contributed by atoms with van der Waals surface area (Å²) in [5, 5.41) is 2.19. The predicted octanol–water partition coefficient (Wildman–Crippen LogP) is 13.4. The molecule has 0 fully saturated rings. The fraction of sp³-hybridized carbons (Fsp3) is 0.170. The number of imidazole rings is 1. The second-order valence-electron chi connectivity index (χ2n) is 15.4. The Bertz CT molecular complexity index is 3330. The zero-order valence-corrected chi connectivity index (χ0v) is 33.1. The molecule has 0 saturated carbocycles. The Balaban J connectivity index is 1.15. The van der Waals surface area contributed by atoms with Gasteiger partial charge in [0.25, 0.3) is 6.33 Å². The minimum Gasteiger partial charge on any atom is -0.458 e. The molecule has 5 nitrogen and oxygen atoms in total. The summed E-state index contributed by atoms with van der Waals surface area (Å²) in [7, 11) is 0. The molecule has 0 saturated heterocycles. The van der Waals surface area contributed by atoms with Crippen molar-refractivity contribution in [2.45, 2.75) is 58.8 Å². The van der Waals surface area contributed by atoms with Gasteiger partial charge in [-0.2, -0.15) is 0 Å². The van der Waals surface area contributed by atoms with Crippen LogP contribution in [0.15, 0.2) is 170 Å². The predicted molar refractivity (Wildman–Crippen MR) is 238 cm³/mol. The average Bonchev–Trinajstić information content (AvgIpc) is 3.95. The van der Waals surface area contributed by atoms with E-state index in [0.29, 0.717) is 23.1 Å². The maximum Gasteiger partial charge on any atom is 0.268 e. The van der Waals surface area contributed by atoms with Crippen molar-refractivity contribution >= 4 is 21.8 Å². The molecule has 0 aliphatic heterocycles. The van der Waals surface area contributed by atoms with E-state index >= 15 is 0 Å². The first-order valence-electron chi connectivity index (χ1n) is 24.6. The third-order valence-corrected chi connectivity index (χ3v) is 10.8. The summed E-state index contributed by atoms with van der Waals surface area (Å²) in [6.45, 7) is 11.1. The van der Waals surface area contributed by atoms with Crippen molar-refractivity contribution in [2.24, 2.45) is 0 Å². The van der Waals surface area contributed by atoms with Gasteiger partial charge in [0, 0.05) is 35.4 Å². The maximum atomic E-state index is 8.87. The van der Waals surface area contributed by atoms with E-state index in [4.69, 9.17) is 23.4 Å². The number of para-hydroxylation sites is 1. The Labute approximate surface area is 355 Å². The molecular weight excluding hydrogens is 709 g/mol. The van der Waals surface area contributed by atoms with Crippen LogP contribution in [-0.4, -0.2) is 14.1 Å². The van der Waals surface area contributed by atoms with Gasteiger partial charge in [-0.15, -0.1) is 0 Å². The van der Waals surface area contributed by atoms with Crippen molar-refractivity contribution in [3.05, 3.63) is 187 Å². The molecule has 0 radical (unpaired) electrons. The SMILES string of the molecule is [2H]c1c([2H])c([2H])c(-c2cccc(-c3c([2H])c([2H])c([2H])c([2H])c3[2H])c2-[n+]2[c-]n(-c3cccc(Oc4ccc5c6cc(C(C)(C)C)ccc6n(-c6cc(C(CC)CC)ccn6)c5c4)c3)cc2)c([2H])c1[2H]. The van der Waals surface area contributed by atoms with Gasteiger partial charge in [-0.3, -0.25) is 13.7 Å². The van der Waals surface area contributed by atoms with Crippen LogP contribution in [0.5, 0.6) is 11.5 Å². The second kappa shape index (κ2) is 15.3. The van der Waals surface area contributed by atoms with Crippen LogP contribution in [-0.2, 0) is 5.41 Å². The molecule has 286 valence electrons. The number of aromatic nitrogens is 4. The number of rotatable bonds is 10. The largest absolute Gasteiger partial charge is 0.458 e. The minimum absolute atomic E-state index is 0.0545. The Morgan fingerprint density at radius 1 is 0.724 bits per heavy atom. The van der Waals surface area contributed by atoms with Gasteiger partial charge in [0.1, 0.15) is 17.3 Å². The zero-order chi connectivity index (χ0) is 48.5. The Kier molecular flexibility index (Phi) is 7.13. The summed E-state index contributed by atoms with van der Waals surface area (Å²) >= 11 is 0. The van der Waals surface area contributed by atoms with Crippen molar-refractivity contribution in [3.63, 3.8) is 0 Å². The molecule has 3 heterocycles. The van der Waals surface area contributed by atoms with E-state index in [9.17, 15) is 0 Å². The Hall–Kier alpha value is -6.72. The molecule has 0 amide bonds. The summed E-state index contributed by atoms with van der Waals surface area (Å²) < 4.78 is 97.8. The molecule has 0 bridgehead atoms.